The van der Waals surface area contributed by atoms with Crippen LogP contribution in [0.2, 0.25) is 5.15 Å². The zero-order valence-electron chi connectivity index (χ0n) is 16.0. The number of rotatable bonds is 3. The van der Waals surface area contributed by atoms with Gasteiger partial charge in [-0.05, 0) is 42.5 Å². The third kappa shape index (κ3) is 3.64. The third-order valence-corrected chi connectivity index (χ3v) is 5.77. The van der Waals surface area contributed by atoms with Gasteiger partial charge in [-0.2, -0.15) is 0 Å². The molecule has 29 heavy (non-hydrogen) atoms. The molecular weight excluding hydrogens is 380 g/mol. The summed E-state index contributed by atoms with van der Waals surface area (Å²) >= 11 is 6.37. The molecule has 0 atom stereocenters. The fraction of sp³-hybridized carbons (Fsp3) is 0.167. The zero-order valence-corrected chi connectivity index (χ0v) is 16.8. The number of anilines is 2. The van der Waals surface area contributed by atoms with E-state index in [0.717, 1.165) is 48.3 Å². The Morgan fingerprint density at radius 1 is 0.724 bits per heavy atom. The molecule has 0 radical (unpaired) electrons. The van der Waals surface area contributed by atoms with E-state index >= 15 is 0 Å². The molecule has 0 bridgehead atoms. The third-order valence-electron chi connectivity index (χ3n) is 5.48. The van der Waals surface area contributed by atoms with Crippen molar-refractivity contribution in [3.8, 4) is 11.3 Å². The largest absolute Gasteiger partial charge is 0.368 e. The van der Waals surface area contributed by atoms with Crippen LogP contribution in [0.1, 0.15) is 0 Å². The molecule has 2 aromatic carbocycles. The first-order valence-electron chi connectivity index (χ1n) is 9.84. The molecule has 4 aromatic rings. The lowest BCUT2D eigenvalue weighted by molar-refractivity contribution is 0.653. The number of aromatic nitrogens is 2. The van der Waals surface area contributed by atoms with Crippen molar-refractivity contribution in [1.29, 1.82) is 0 Å². The second kappa shape index (κ2) is 7.72. The number of hydrogen-bond donors (Lipinski definition) is 0. The average molecular weight is 401 g/mol. The van der Waals surface area contributed by atoms with Gasteiger partial charge in [-0.3, -0.25) is 4.98 Å². The van der Waals surface area contributed by atoms with E-state index in [2.05, 4.69) is 74.4 Å². The molecule has 1 saturated heterocycles. The van der Waals surface area contributed by atoms with E-state index in [1.807, 2.05) is 18.2 Å². The average Bonchev–Trinajstić information content (AvgIpc) is 2.80. The van der Waals surface area contributed by atoms with Crippen LogP contribution < -0.4 is 9.80 Å². The molecule has 3 heterocycles. The lowest BCUT2D eigenvalue weighted by Crippen LogP contribution is -2.46. The minimum atomic E-state index is 0.492. The van der Waals surface area contributed by atoms with Gasteiger partial charge in [0.15, 0.2) is 0 Å². The topological polar surface area (TPSA) is 32.3 Å². The van der Waals surface area contributed by atoms with Crippen LogP contribution in [0.15, 0.2) is 79.0 Å². The van der Waals surface area contributed by atoms with Crippen LogP contribution in [0.25, 0.3) is 22.2 Å². The number of halogens is 1. The Morgan fingerprint density at radius 2 is 1.38 bits per heavy atom. The maximum Gasteiger partial charge on any atom is 0.139 e. The number of fused-ring (bicyclic) bond motifs is 1. The van der Waals surface area contributed by atoms with Gasteiger partial charge in [0.05, 0.1) is 11.2 Å². The molecule has 0 amide bonds. The first-order valence-corrected chi connectivity index (χ1v) is 10.2. The molecule has 144 valence electrons. The maximum absolute atomic E-state index is 6.37. The van der Waals surface area contributed by atoms with Crippen LogP contribution in [-0.4, -0.2) is 36.1 Å². The quantitative estimate of drug-likeness (QED) is 0.438. The van der Waals surface area contributed by atoms with E-state index in [1.54, 1.807) is 6.20 Å². The number of benzene rings is 2. The smallest absolute Gasteiger partial charge is 0.139 e. The Balaban J connectivity index is 1.32. The van der Waals surface area contributed by atoms with Crippen LogP contribution in [0, 0.1) is 0 Å². The molecule has 0 unspecified atom stereocenters. The summed E-state index contributed by atoms with van der Waals surface area (Å²) in [6.45, 7) is 4.08. The molecule has 4 nitrogen and oxygen atoms in total. The predicted octanol–water partition coefficient (Wildman–Crippen LogP) is 5.28. The fourth-order valence-corrected chi connectivity index (χ4v) is 4.14. The molecular formula is C24H21ClN4. The Morgan fingerprint density at radius 3 is 2.07 bits per heavy atom. The molecule has 0 spiro atoms. The number of piperazine rings is 1. The summed E-state index contributed by atoms with van der Waals surface area (Å²) in [7, 11) is 0. The van der Waals surface area contributed by atoms with E-state index in [4.69, 9.17) is 11.6 Å². The van der Waals surface area contributed by atoms with Gasteiger partial charge < -0.3 is 9.80 Å². The van der Waals surface area contributed by atoms with Crippen molar-refractivity contribution in [2.24, 2.45) is 0 Å². The number of para-hydroxylation sites is 1. The highest BCUT2D eigenvalue weighted by Gasteiger charge is 2.17. The van der Waals surface area contributed by atoms with E-state index in [0.29, 0.717) is 5.15 Å². The van der Waals surface area contributed by atoms with Gasteiger partial charge in [-0.15, -0.1) is 0 Å². The highest BCUT2D eigenvalue weighted by molar-refractivity contribution is 6.34. The van der Waals surface area contributed by atoms with Crippen molar-refractivity contribution < 1.29 is 0 Å². The summed E-state index contributed by atoms with van der Waals surface area (Å²) in [5, 5.41) is 1.37. The Bertz CT molecular complexity index is 1120. The van der Waals surface area contributed by atoms with Crippen molar-refractivity contribution in [1.82, 2.24) is 9.97 Å². The van der Waals surface area contributed by atoms with Crippen LogP contribution in [-0.2, 0) is 0 Å². The van der Waals surface area contributed by atoms with E-state index < -0.39 is 0 Å². The first-order chi connectivity index (χ1) is 14.3. The second-order valence-corrected chi connectivity index (χ2v) is 7.58. The highest BCUT2D eigenvalue weighted by Crippen LogP contribution is 2.28. The lowest BCUT2D eigenvalue weighted by Gasteiger charge is -2.37. The summed E-state index contributed by atoms with van der Waals surface area (Å²) in [5.74, 6) is 0. The van der Waals surface area contributed by atoms with Crippen molar-refractivity contribution in [3.63, 3.8) is 0 Å². The highest BCUT2D eigenvalue weighted by atomic mass is 35.5. The van der Waals surface area contributed by atoms with Gasteiger partial charge in [0.2, 0.25) is 0 Å². The predicted molar refractivity (Wildman–Crippen MR) is 121 cm³/mol. The molecule has 5 rings (SSSR count). The summed E-state index contributed by atoms with van der Waals surface area (Å²) in [6.07, 6.45) is 1.78. The van der Waals surface area contributed by atoms with Crippen molar-refractivity contribution >= 4 is 33.9 Å². The number of pyridine rings is 2. The molecule has 1 aliphatic rings. The molecule has 0 aliphatic carbocycles. The summed E-state index contributed by atoms with van der Waals surface area (Å²) in [5.41, 5.74) is 5.30. The Kier molecular flexibility index (Phi) is 4.78. The van der Waals surface area contributed by atoms with Crippen LogP contribution in [0.4, 0.5) is 11.4 Å². The molecule has 0 N–H and O–H groups in total. The van der Waals surface area contributed by atoms with Crippen molar-refractivity contribution in [3.05, 3.63) is 84.1 Å². The lowest BCUT2D eigenvalue weighted by atomic mass is 10.1. The minimum absolute atomic E-state index is 0.492. The normalized spacial score (nSPS) is 14.4. The maximum atomic E-state index is 6.37. The standard InChI is InChI=1S/C24H21ClN4/c25-24-21-7-4-12-26-23(21)17-22(27-24)18-8-10-20(11-9-18)29-15-13-28(14-16-29)19-5-2-1-3-6-19/h1-12,17H,13-16H2. The summed E-state index contributed by atoms with van der Waals surface area (Å²) in [4.78, 5) is 13.9. The fourth-order valence-electron chi connectivity index (χ4n) is 3.89. The number of nitrogens with zero attached hydrogens (tertiary/aromatic N) is 4. The molecule has 0 saturated carbocycles. The van der Waals surface area contributed by atoms with E-state index in [1.165, 1.54) is 11.4 Å². The molecule has 1 fully saturated rings. The zero-order chi connectivity index (χ0) is 19.6. The number of hydrogen-bond acceptors (Lipinski definition) is 4. The first kappa shape index (κ1) is 18.0. The van der Waals surface area contributed by atoms with Crippen molar-refractivity contribution in [2.75, 3.05) is 36.0 Å². The summed E-state index contributed by atoms with van der Waals surface area (Å²) < 4.78 is 0. The molecule has 5 heteroatoms. The van der Waals surface area contributed by atoms with Gasteiger partial charge in [-0.1, -0.05) is 41.9 Å². The monoisotopic (exact) mass is 400 g/mol. The Labute approximate surface area is 175 Å². The van der Waals surface area contributed by atoms with Gasteiger partial charge in [0.1, 0.15) is 5.15 Å². The summed E-state index contributed by atoms with van der Waals surface area (Å²) in [6, 6.07) is 25.0. The molecule has 1 aliphatic heterocycles. The molecule has 2 aromatic heterocycles. The van der Waals surface area contributed by atoms with Crippen LogP contribution in [0.5, 0.6) is 0 Å². The van der Waals surface area contributed by atoms with E-state index in [-0.39, 0.29) is 0 Å². The van der Waals surface area contributed by atoms with E-state index in [9.17, 15) is 0 Å². The second-order valence-electron chi connectivity index (χ2n) is 7.22. The SMILES string of the molecule is Clc1nc(-c2ccc(N3CCN(c4ccccc4)CC3)cc2)cc2ncccc12. The van der Waals surface area contributed by atoms with Crippen LogP contribution in [0.3, 0.4) is 0 Å². The van der Waals surface area contributed by atoms with Crippen molar-refractivity contribution in [2.45, 2.75) is 0 Å². The van der Waals surface area contributed by atoms with Gasteiger partial charge in [0, 0.05) is 54.7 Å². The van der Waals surface area contributed by atoms with Crippen LogP contribution >= 0.6 is 11.6 Å². The van der Waals surface area contributed by atoms with Gasteiger partial charge >= 0.3 is 0 Å². The van der Waals surface area contributed by atoms with Gasteiger partial charge in [0.25, 0.3) is 0 Å². The minimum Gasteiger partial charge on any atom is -0.368 e. The van der Waals surface area contributed by atoms with Gasteiger partial charge in [-0.25, -0.2) is 4.98 Å². The Hall–Kier alpha value is -3.11.